The summed E-state index contributed by atoms with van der Waals surface area (Å²) in [6, 6.07) is 1.28. The predicted molar refractivity (Wildman–Crippen MR) is 131 cm³/mol. The van der Waals surface area contributed by atoms with Crippen LogP contribution in [0.3, 0.4) is 0 Å². The van der Waals surface area contributed by atoms with Crippen LogP contribution < -0.4 is 0 Å². The maximum Gasteiger partial charge on any atom is 0.418 e. The van der Waals surface area contributed by atoms with E-state index in [1.165, 1.54) is 0 Å². The van der Waals surface area contributed by atoms with Crippen LogP contribution in [0.2, 0.25) is 0 Å². The first-order valence-corrected chi connectivity index (χ1v) is 13.5. The van der Waals surface area contributed by atoms with Crippen LogP contribution in [-0.4, -0.2) is 82.3 Å². The highest BCUT2D eigenvalue weighted by atomic mass is 32.2. The molecule has 1 saturated carbocycles. The molecule has 18 heteroatoms. The van der Waals surface area contributed by atoms with Crippen LogP contribution >= 0.6 is 11.8 Å². The number of aliphatic hydroxyl groups is 4. The van der Waals surface area contributed by atoms with Gasteiger partial charge in [-0.2, -0.15) is 13.2 Å². The molecule has 6 atom stereocenters. The molecule has 0 spiro atoms. The lowest BCUT2D eigenvalue weighted by Crippen LogP contribution is -2.58. The Morgan fingerprint density at radius 2 is 1.74 bits per heavy atom. The van der Waals surface area contributed by atoms with Gasteiger partial charge in [0.05, 0.1) is 34.9 Å². The van der Waals surface area contributed by atoms with E-state index in [-0.39, 0.29) is 11.3 Å². The second kappa shape index (κ2) is 11.2. The number of aromatic nitrogens is 4. The standard InChI is InChI=1S/C25H22F8N4O5S/c26-12-4-10(5-13(27)16(12)28)14-6-37(36-35-14)18-19(39)15(7-38)42-22(20(18)40)43-21(23(41)8-24(29,30)9-23)17-11(25(31,32)33)2-1-3-34-17/h1-6,15,18-22,38-41H,7-9H2/t15-,18+,19+,20-,21?,22+/m1/s1. The number of hydrogen-bond acceptors (Lipinski definition) is 9. The Morgan fingerprint density at radius 1 is 1.09 bits per heavy atom. The fourth-order valence-corrected chi connectivity index (χ4v) is 6.76. The van der Waals surface area contributed by atoms with E-state index in [9.17, 15) is 55.5 Å². The van der Waals surface area contributed by atoms with E-state index in [4.69, 9.17) is 4.74 Å². The molecule has 1 saturated heterocycles. The number of halogens is 8. The van der Waals surface area contributed by atoms with Crippen molar-refractivity contribution in [1.29, 1.82) is 0 Å². The Labute approximate surface area is 241 Å². The highest BCUT2D eigenvalue weighted by Crippen LogP contribution is 2.58. The van der Waals surface area contributed by atoms with E-state index in [0.29, 0.717) is 30.0 Å². The maximum atomic E-state index is 13.9. The van der Waals surface area contributed by atoms with E-state index in [1.54, 1.807) is 0 Å². The molecule has 0 radical (unpaired) electrons. The van der Waals surface area contributed by atoms with E-state index in [2.05, 4.69) is 15.3 Å². The molecule has 43 heavy (non-hydrogen) atoms. The molecule has 0 amide bonds. The zero-order valence-corrected chi connectivity index (χ0v) is 22.3. The van der Waals surface area contributed by atoms with Gasteiger partial charge in [-0.3, -0.25) is 4.98 Å². The number of benzene rings is 1. The Bertz CT molecular complexity index is 1460. The Kier molecular flexibility index (Phi) is 8.23. The molecule has 1 aliphatic carbocycles. The number of ether oxygens (including phenoxy) is 1. The summed E-state index contributed by atoms with van der Waals surface area (Å²) < 4.78 is 117. The first kappa shape index (κ1) is 31.5. The summed E-state index contributed by atoms with van der Waals surface area (Å²) in [5.74, 6) is -8.20. The largest absolute Gasteiger partial charge is 0.418 e. The lowest BCUT2D eigenvalue weighted by atomic mass is 9.73. The quantitative estimate of drug-likeness (QED) is 0.226. The van der Waals surface area contributed by atoms with Gasteiger partial charge in [0.15, 0.2) is 17.5 Å². The van der Waals surface area contributed by atoms with Crippen LogP contribution in [-0.2, 0) is 10.9 Å². The average molecular weight is 643 g/mol. The summed E-state index contributed by atoms with van der Waals surface area (Å²) in [6.07, 6.45) is -10.6. The first-order chi connectivity index (χ1) is 20.0. The van der Waals surface area contributed by atoms with Crippen molar-refractivity contribution in [3.8, 4) is 11.3 Å². The third-order valence-electron chi connectivity index (χ3n) is 7.22. The normalized spacial score (nSPS) is 27.5. The molecule has 2 fully saturated rings. The van der Waals surface area contributed by atoms with Gasteiger partial charge in [0.2, 0.25) is 0 Å². The molecular weight excluding hydrogens is 620 g/mol. The van der Waals surface area contributed by atoms with Crippen molar-refractivity contribution in [1.82, 2.24) is 20.0 Å². The predicted octanol–water partition coefficient (Wildman–Crippen LogP) is 3.39. The number of alkyl halides is 5. The minimum absolute atomic E-state index is 0.236. The van der Waals surface area contributed by atoms with Crippen LogP contribution in [0.25, 0.3) is 11.3 Å². The lowest BCUT2D eigenvalue weighted by Gasteiger charge is -2.50. The molecule has 0 bridgehead atoms. The zero-order valence-electron chi connectivity index (χ0n) is 21.5. The summed E-state index contributed by atoms with van der Waals surface area (Å²) in [6.45, 7) is -0.887. The number of rotatable bonds is 7. The lowest BCUT2D eigenvalue weighted by molar-refractivity contribution is -0.207. The van der Waals surface area contributed by atoms with E-state index >= 15 is 0 Å². The van der Waals surface area contributed by atoms with Gasteiger partial charge in [-0.1, -0.05) is 5.21 Å². The number of nitrogens with zero attached hydrogens (tertiary/aromatic N) is 4. The summed E-state index contributed by atoms with van der Waals surface area (Å²) in [5, 5.41) is 48.6. The summed E-state index contributed by atoms with van der Waals surface area (Å²) in [4.78, 5) is 3.72. The Hall–Kier alpha value is -2.90. The highest BCUT2D eigenvalue weighted by molar-refractivity contribution is 8.00. The van der Waals surface area contributed by atoms with Crippen LogP contribution in [0, 0.1) is 17.5 Å². The summed E-state index contributed by atoms with van der Waals surface area (Å²) in [5.41, 5.74) is -6.74. The van der Waals surface area contributed by atoms with E-state index in [1.807, 2.05) is 0 Å². The van der Waals surface area contributed by atoms with E-state index in [0.717, 1.165) is 23.1 Å². The molecule has 9 nitrogen and oxygen atoms in total. The molecule has 2 aliphatic rings. The molecule has 2 aromatic heterocycles. The average Bonchev–Trinajstić information content (AvgIpc) is 3.39. The highest BCUT2D eigenvalue weighted by Gasteiger charge is 2.62. The summed E-state index contributed by atoms with van der Waals surface area (Å²) >= 11 is 0.326. The molecule has 1 aliphatic heterocycles. The summed E-state index contributed by atoms with van der Waals surface area (Å²) in [7, 11) is 0. The monoisotopic (exact) mass is 642 g/mol. The number of thioether (sulfide) groups is 1. The minimum Gasteiger partial charge on any atom is -0.394 e. The molecule has 1 unspecified atom stereocenters. The number of hydrogen-bond donors (Lipinski definition) is 4. The minimum atomic E-state index is -5.00. The van der Waals surface area contributed by atoms with Crippen LogP contribution in [0.15, 0.2) is 36.7 Å². The number of pyridine rings is 1. The van der Waals surface area contributed by atoms with E-state index < -0.39 is 101 Å². The van der Waals surface area contributed by atoms with Crippen molar-refractivity contribution in [3.05, 3.63) is 65.4 Å². The third kappa shape index (κ3) is 5.95. The molecule has 3 heterocycles. The van der Waals surface area contributed by atoms with Gasteiger partial charge in [-0.25, -0.2) is 26.6 Å². The first-order valence-electron chi connectivity index (χ1n) is 12.5. The molecule has 4 N–H and O–H groups in total. The molecular formula is C25H22F8N4O5S. The Morgan fingerprint density at radius 3 is 2.33 bits per heavy atom. The molecule has 5 rings (SSSR count). The van der Waals surface area contributed by atoms with Gasteiger partial charge in [-0.15, -0.1) is 16.9 Å². The molecule has 234 valence electrons. The van der Waals surface area contributed by atoms with Gasteiger partial charge >= 0.3 is 6.18 Å². The third-order valence-corrected chi connectivity index (χ3v) is 8.82. The van der Waals surface area contributed by atoms with Gasteiger partial charge in [0.25, 0.3) is 5.92 Å². The fraction of sp³-hybridized carbons (Fsp3) is 0.480. The Balaban J connectivity index is 1.51. The van der Waals surface area contributed by atoms with Gasteiger partial charge < -0.3 is 25.2 Å². The second-order valence-corrected chi connectivity index (χ2v) is 11.5. The van der Waals surface area contributed by atoms with Gasteiger partial charge in [0, 0.05) is 24.6 Å². The van der Waals surface area contributed by atoms with Crippen molar-refractivity contribution in [2.24, 2.45) is 0 Å². The van der Waals surface area contributed by atoms with Crippen LogP contribution in [0.5, 0.6) is 0 Å². The number of aliphatic hydroxyl groups excluding tert-OH is 3. The van der Waals surface area contributed by atoms with Crippen molar-refractivity contribution in [2.45, 2.75) is 65.6 Å². The van der Waals surface area contributed by atoms with Gasteiger partial charge in [-0.05, 0) is 24.3 Å². The molecule has 3 aromatic rings. The molecule has 1 aromatic carbocycles. The van der Waals surface area contributed by atoms with Crippen molar-refractivity contribution >= 4 is 11.8 Å². The second-order valence-electron chi connectivity index (χ2n) is 10.3. The van der Waals surface area contributed by atoms with Gasteiger partial charge in [0.1, 0.15) is 35.5 Å². The maximum absolute atomic E-state index is 13.9. The zero-order chi connectivity index (χ0) is 31.5. The topological polar surface area (TPSA) is 134 Å². The van der Waals surface area contributed by atoms with Crippen LogP contribution in [0.4, 0.5) is 35.1 Å². The van der Waals surface area contributed by atoms with Crippen molar-refractivity contribution in [2.75, 3.05) is 6.61 Å². The van der Waals surface area contributed by atoms with Crippen molar-refractivity contribution in [3.63, 3.8) is 0 Å². The SMILES string of the molecule is OC[C@H]1O[C@@H](SC(c2ncccc2C(F)(F)F)C2(O)CC(F)(F)C2)[C@H](O)[C@@H](n2cc(-c3cc(F)c(F)c(F)c3)nn2)[C@H]1O. The fourth-order valence-electron chi connectivity index (χ4n) is 5.23. The smallest absolute Gasteiger partial charge is 0.394 e. The van der Waals surface area contributed by atoms with Crippen LogP contribution in [0.1, 0.15) is 35.4 Å². The van der Waals surface area contributed by atoms with Crippen molar-refractivity contribution < 1.29 is 60.3 Å².